The van der Waals surface area contributed by atoms with Crippen LogP contribution in [0.5, 0.6) is 0 Å². The van der Waals surface area contributed by atoms with Crippen LogP contribution in [0.2, 0.25) is 0 Å². The Hall–Kier alpha value is -3.22. The van der Waals surface area contributed by atoms with E-state index in [1.165, 1.54) is 6.33 Å². The van der Waals surface area contributed by atoms with E-state index in [1.54, 1.807) is 11.0 Å². The summed E-state index contributed by atoms with van der Waals surface area (Å²) in [5.41, 5.74) is 10.9. The normalized spacial score (nSPS) is 22.7. The van der Waals surface area contributed by atoms with E-state index >= 15 is 0 Å². The van der Waals surface area contributed by atoms with Gasteiger partial charge in [0.25, 0.3) is 0 Å². The lowest BCUT2D eigenvalue weighted by atomic mass is 9.67. The molecule has 2 atom stereocenters. The largest absolute Gasteiger partial charge is 0.384 e. The first-order chi connectivity index (χ1) is 15.7. The van der Waals surface area contributed by atoms with Gasteiger partial charge in [-0.3, -0.25) is 4.79 Å². The Labute approximate surface area is 196 Å². The van der Waals surface area contributed by atoms with E-state index < -0.39 is 0 Å². The molecule has 1 aliphatic heterocycles. The first-order valence-electron chi connectivity index (χ1n) is 11.7. The van der Waals surface area contributed by atoms with E-state index in [-0.39, 0.29) is 17.2 Å². The van der Waals surface area contributed by atoms with Gasteiger partial charge in [0.2, 0.25) is 5.91 Å². The predicted molar refractivity (Wildman–Crippen MR) is 131 cm³/mol. The fraction of sp³-hybridized carbons (Fsp3) is 0.462. The Morgan fingerprint density at radius 1 is 1.36 bits per heavy atom. The third kappa shape index (κ3) is 4.77. The quantitative estimate of drug-likeness (QED) is 0.718. The number of carbonyl (C=O) groups is 1. The van der Waals surface area contributed by atoms with Gasteiger partial charge in [-0.05, 0) is 54.9 Å². The van der Waals surface area contributed by atoms with Crippen LogP contribution in [0.4, 0.5) is 0 Å². The zero-order valence-electron chi connectivity index (χ0n) is 20.2. The highest BCUT2D eigenvalue weighted by Crippen LogP contribution is 2.43. The first-order valence-corrected chi connectivity index (χ1v) is 11.7. The van der Waals surface area contributed by atoms with Crippen molar-refractivity contribution < 1.29 is 4.79 Å². The number of fused-ring (bicyclic) bond motifs is 1. The van der Waals surface area contributed by atoms with Gasteiger partial charge in [-0.15, -0.1) is 0 Å². The molecule has 2 N–H and O–H groups in total. The molecule has 0 bridgehead atoms. The summed E-state index contributed by atoms with van der Waals surface area (Å²) in [5.74, 6) is 1.29. The number of rotatable bonds is 6. The number of aliphatic imine (C=N–C) groups is 1. The van der Waals surface area contributed by atoms with Crippen molar-refractivity contribution in [2.24, 2.45) is 28.0 Å². The van der Waals surface area contributed by atoms with Gasteiger partial charge in [-0.25, -0.2) is 14.7 Å². The molecule has 33 heavy (non-hydrogen) atoms. The van der Waals surface area contributed by atoms with Crippen LogP contribution < -0.4 is 5.73 Å². The highest BCUT2D eigenvalue weighted by Gasteiger charge is 2.41. The lowest BCUT2D eigenvalue weighted by Crippen LogP contribution is -2.42. The van der Waals surface area contributed by atoms with Crippen LogP contribution in [0.3, 0.4) is 0 Å². The third-order valence-corrected chi connectivity index (χ3v) is 6.50. The van der Waals surface area contributed by atoms with E-state index in [0.717, 1.165) is 34.5 Å². The molecule has 0 saturated carbocycles. The summed E-state index contributed by atoms with van der Waals surface area (Å²) in [5, 5.41) is 4.22. The van der Waals surface area contributed by atoms with Gasteiger partial charge in [0.15, 0.2) is 0 Å². The molecule has 0 fully saturated rings. The van der Waals surface area contributed by atoms with Crippen LogP contribution in [-0.2, 0) is 11.3 Å². The van der Waals surface area contributed by atoms with Crippen molar-refractivity contribution >= 4 is 11.6 Å². The summed E-state index contributed by atoms with van der Waals surface area (Å²) in [4.78, 5) is 24.5. The smallest absolute Gasteiger partial charge is 0.249 e. The minimum atomic E-state index is -0.258. The van der Waals surface area contributed by atoms with Gasteiger partial charge in [0.1, 0.15) is 18.5 Å². The number of hydrogen-bond donors (Lipinski definition) is 1. The Kier molecular flexibility index (Phi) is 6.23. The van der Waals surface area contributed by atoms with Crippen molar-refractivity contribution in [2.75, 3.05) is 6.54 Å². The topological polar surface area (TPSA) is 89.4 Å². The van der Waals surface area contributed by atoms with Crippen molar-refractivity contribution in [3.05, 3.63) is 65.5 Å². The molecule has 174 valence electrons. The summed E-state index contributed by atoms with van der Waals surface area (Å²) in [7, 11) is 0. The number of hydrogen-bond acceptors (Lipinski definition) is 5. The van der Waals surface area contributed by atoms with Crippen molar-refractivity contribution in [3.63, 3.8) is 0 Å². The predicted octanol–water partition coefficient (Wildman–Crippen LogP) is 4.26. The molecule has 4 rings (SSSR count). The SMILES string of the molecule is CC1=C(N)N=C2C(C)CC(C(=O)N(Cc3cccc(-n4cncn4)c3)CC(C)C)=CC2(C)C1. The van der Waals surface area contributed by atoms with Crippen molar-refractivity contribution in [1.29, 1.82) is 0 Å². The molecule has 2 heterocycles. The third-order valence-electron chi connectivity index (χ3n) is 6.50. The maximum absolute atomic E-state index is 13.8. The minimum Gasteiger partial charge on any atom is -0.384 e. The van der Waals surface area contributed by atoms with Gasteiger partial charge in [-0.2, -0.15) is 5.10 Å². The maximum atomic E-state index is 13.8. The van der Waals surface area contributed by atoms with Crippen LogP contribution in [-0.4, -0.2) is 37.8 Å². The highest BCUT2D eigenvalue weighted by atomic mass is 16.2. The highest BCUT2D eigenvalue weighted by molar-refractivity contribution is 6.02. The molecule has 2 aromatic rings. The second-order valence-corrected chi connectivity index (χ2v) is 10.1. The molecule has 1 aromatic carbocycles. The standard InChI is InChI=1S/C26H34N6O/c1-17(2)13-31(14-20-7-6-8-22(10-20)32-16-28-15-29-32)25(33)21-9-18(3)23-26(5,12-21)11-19(4)24(27)30-23/h6-8,10,12,15-18H,9,11,13-14,27H2,1-5H3. The van der Waals surface area contributed by atoms with Crippen LogP contribution in [0.1, 0.15) is 53.0 Å². The second-order valence-electron chi connectivity index (χ2n) is 10.1. The molecule has 1 aliphatic carbocycles. The van der Waals surface area contributed by atoms with Crippen molar-refractivity contribution in [2.45, 2.75) is 54.0 Å². The average molecular weight is 447 g/mol. The van der Waals surface area contributed by atoms with E-state index in [1.807, 2.05) is 24.0 Å². The fourth-order valence-electron chi connectivity index (χ4n) is 5.12. The number of benzene rings is 1. The Bertz CT molecular complexity index is 1130. The molecule has 0 spiro atoms. The van der Waals surface area contributed by atoms with Gasteiger partial charge >= 0.3 is 0 Å². The summed E-state index contributed by atoms with van der Waals surface area (Å²) >= 11 is 0. The van der Waals surface area contributed by atoms with E-state index in [2.05, 4.69) is 56.0 Å². The molecular formula is C26H34N6O. The van der Waals surface area contributed by atoms with Crippen LogP contribution in [0.15, 0.2) is 65.0 Å². The molecule has 2 aliphatic rings. The zero-order valence-corrected chi connectivity index (χ0v) is 20.2. The summed E-state index contributed by atoms with van der Waals surface area (Å²) in [6.07, 6.45) is 6.85. The summed E-state index contributed by atoms with van der Waals surface area (Å²) < 4.78 is 1.73. The molecule has 1 aromatic heterocycles. The lowest BCUT2D eigenvalue weighted by molar-refractivity contribution is -0.128. The zero-order chi connectivity index (χ0) is 23.8. The van der Waals surface area contributed by atoms with Crippen LogP contribution >= 0.6 is 0 Å². The minimum absolute atomic E-state index is 0.113. The average Bonchev–Trinajstić information content (AvgIpc) is 3.29. The van der Waals surface area contributed by atoms with Gasteiger partial charge < -0.3 is 10.6 Å². The van der Waals surface area contributed by atoms with Crippen LogP contribution in [0.25, 0.3) is 5.69 Å². The number of amides is 1. The van der Waals surface area contributed by atoms with E-state index in [4.69, 9.17) is 10.7 Å². The number of allylic oxidation sites excluding steroid dienone is 2. The molecule has 0 saturated heterocycles. The number of nitrogens with two attached hydrogens (primary N) is 1. The Morgan fingerprint density at radius 2 is 2.15 bits per heavy atom. The molecular weight excluding hydrogens is 412 g/mol. The first kappa shape index (κ1) is 23.0. The summed E-state index contributed by atoms with van der Waals surface area (Å²) in [6, 6.07) is 8.11. The Balaban J connectivity index is 1.62. The summed E-state index contributed by atoms with van der Waals surface area (Å²) in [6.45, 7) is 11.9. The molecule has 2 unspecified atom stereocenters. The molecule has 7 nitrogen and oxygen atoms in total. The second kappa shape index (κ2) is 8.96. The Morgan fingerprint density at radius 3 is 2.85 bits per heavy atom. The van der Waals surface area contributed by atoms with E-state index in [9.17, 15) is 4.79 Å². The fourth-order valence-corrected chi connectivity index (χ4v) is 5.12. The lowest BCUT2D eigenvalue weighted by Gasteiger charge is -2.40. The van der Waals surface area contributed by atoms with Crippen molar-refractivity contribution in [1.82, 2.24) is 19.7 Å². The maximum Gasteiger partial charge on any atom is 0.249 e. The number of aromatic nitrogens is 3. The van der Waals surface area contributed by atoms with Crippen molar-refractivity contribution in [3.8, 4) is 5.69 Å². The molecule has 0 radical (unpaired) electrons. The van der Waals surface area contributed by atoms with Crippen LogP contribution in [0, 0.1) is 17.3 Å². The van der Waals surface area contributed by atoms with Gasteiger partial charge in [-0.1, -0.05) is 45.9 Å². The number of carbonyl (C=O) groups excluding carboxylic acids is 1. The molecule has 7 heteroatoms. The van der Waals surface area contributed by atoms with Gasteiger partial charge in [0.05, 0.1) is 5.69 Å². The number of nitrogens with zero attached hydrogens (tertiary/aromatic N) is 5. The monoisotopic (exact) mass is 446 g/mol. The van der Waals surface area contributed by atoms with Gasteiger partial charge in [0, 0.05) is 29.8 Å². The van der Waals surface area contributed by atoms with E-state index in [0.29, 0.717) is 31.2 Å². The molecule has 1 amide bonds.